The quantitative estimate of drug-likeness (QED) is 0.377. The Morgan fingerprint density at radius 1 is 0.553 bits per heavy atom. The Kier molecular flexibility index (Phi) is 5.13. The molecule has 9 heteroatoms. The average molecular weight is 503 g/mol. The van der Waals surface area contributed by atoms with E-state index in [1.807, 2.05) is 0 Å². The summed E-state index contributed by atoms with van der Waals surface area (Å²) < 4.78 is 0. The average Bonchev–Trinajstić information content (AvgIpc) is 3.34. The fourth-order valence-electron chi connectivity index (χ4n) is 4.59. The summed E-state index contributed by atoms with van der Waals surface area (Å²) in [7, 11) is 0. The number of carboxylic acids is 1. The van der Waals surface area contributed by atoms with Crippen LogP contribution in [-0.2, 0) is 0 Å². The van der Waals surface area contributed by atoms with Crippen LogP contribution in [0.4, 0.5) is 22.7 Å². The number of carbonyl (C=O) groups excluding carboxylic acids is 4. The minimum absolute atomic E-state index is 0.0512. The molecule has 0 bridgehead atoms. The van der Waals surface area contributed by atoms with Gasteiger partial charge in [-0.25, -0.2) is 14.6 Å². The number of hydrogen-bond acceptors (Lipinski definition) is 6. The maximum atomic E-state index is 12.9. The molecule has 38 heavy (non-hydrogen) atoms. The summed E-state index contributed by atoms with van der Waals surface area (Å²) in [5.41, 5.74) is 3.05. The van der Waals surface area contributed by atoms with Crippen molar-refractivity contribution < 1.29 is 29.1 Å². The molecule has 0 aliphatic carbocycles. The molecular formula is C29H17N3O6. The molecule has 184 valence electrons. The number of fused-ring (bicyclic) bond motifs is 2. The summed E-state index contributed by atoms with van der Waals surface area (Å²) in [6.07, 6.45) is 0. The zero-order valence-corrected chi connectivity index (χ0v) is 19.5. The van der Waals surface area contributed by atoms with E-state index in [1.54, 1.807) is 72.8 Å². The third-order valence-corrected chi connectivity index (χ3v) is 6.47. The van der Waals surface area contributed by atoms with Gasteiger partial charge in [0, 0.05) is 11.4 Å². The van der Waals surface area contributed by atoms with Crippen molar-refractivity contribution in [1.82, 2.24) is 0 Å². The first-order valence-corrected chi connectivity index (χ1v) is 11.5. The fraction of sp³-hybridized carbons (Fsp3) is 0. The van der Waals surface area contributed by atoms with Gasteiger partial charge in [0.2, 0.25) is 0 Å². The van der Waals surface area contributed by atoms with Gasteiger partial charge >= 0.3 is 5.97 Å². The number of nitrogens with one attached hydrogen (secondary N) is 1. The normalized spacial score (nSPS) is 14.1. The largest absolute Gasteiger partial charge is 0.478 e. The molecule has 9 nitrogen and oxygen atoms in total. The zero-order valence-electron chi connectivity index (χ0n) is 19.5. The third kappa shape index (κ3) is 3.53. The van der Waals surface area contributed by atoms with Crippen LogP contribution in [-0.4, -0.2) is 34.7 Å². The van der Waals surface area contributed by atoms with Crippen LogP contribution in [0.3, 0.4) is 0 Å². The number of imide groups is 2. The molecule has 0 atom stereocenters. The predicted molar refractivity (Wildman–Crippen MR) is 138 cm³/mol. The van der Waals surface area contributed by atoms with Gasteiger partial charge in [0.05, 0.1) is 39.2 Å². The van der Waals surface area contributed by atoms with Crippen molar-refractivity contribution in [1.29, 1.82) is 0 Å². The molecule has 0 aromatic heterocycles. The maximum Gasteiger partial charge on any atom is 0.335 e. The molecule has 4 aromatic carbocycles. The van der Waals surface area contributed by atoms with Gasteiger partial charge in [0.1, 0.15) is 0 Å². The highest BCUT2D eigenvalue weighted by molar-refractivity contribution is 6.35. The van der Waals surface area contributed by atoms with E-state index < -0.39 is 17.8 Å². The summed E-state index contributed by atoms with van der Waals surface area (Å²) >= 11 is 0. The van der Waals surface area contributed by atoms with E-state index in [0.29, 0.717) is 33.9 Å². The number of nitrogens with zero attached hydrogens (tertiary/aromatic N) is 2. The van der Waals surface area contributed by atoms with Gasteiger partial charge in [0.25, 0.3) is 23.6 Å². The molecule has 2 heterocycles. The standard InChI is InChI=1S/C29H17N3O6/c33-25-21-3-1-2-4-22(21)26(34)31(25)19-10-6-17(7-11-19)30-18-8-12-20(13-9-18)32-27(35)23-14-5-16(29(37)38)15-24(23)28(32)36/h1-15,30H,(H,37,38). The van der Waals surface area contributed by atoms with Crippen LogP contribution >= 0.6 is 0 Å². The number of aromatic carboxylic acids is 1. The second-order valence-corrected chi connectivity index (χ2v) is 8.72. The molecule has 4 amide bonds. The monoisotopic (exact) mass is 503 g/mol. The molecule has 4 aromatic rings. The van der Waals surface area contributed by atoms with Crippen molar-refractivity contribution in [3.8, 4) is 0 Å². The summed E-state index contributed by atoms with van der Waals surface area (Å²) in [4.78, 5) is 64.5. The second-order valence-electron chi connectivity index (χ2n) is 8.72. The number of amides is 4. The van der Waals surface area contributed by atoms with Crippen LogP contribution in [0.1, 0.15) is 51.8 Å². The Morgan fingerprint density at radius 2 is 0.974 bits per heavy atom. The Hall–Kier alpha value is -5.57. The maximum absolute atomic E-state index is 12.9. The van der Waals surface area contributed by atoms with E-state index in [4.69, 9.17) is 0 Å². The highest BCUT2D eigenvalue weighted by Gasteiger charge is 2.38. The van der Waals surface area contributed by atoms with Crippen LogP contribution in [0.15, 0.2) is 91.0 Å². The molecule has 2 aliphatic heterocycles. The smallest absolute Gasteiger partial charge is 0.335 e. The van der Waals surface area contributed by atoms with Gasteiger partial charge in [-0.2, -0.15) is 0 Å². The van der Waals surface area contributed by atoms with Crippen LogP contribution < -0.4 is 15.1 Å². The minimum atomic E-state index is -1.18. The van der Waals surface area contributed by atoms with Gasteiger partial charge in [-0.05, 0) is 78.9 Å². The van der Waals surface area contributed by atoms with Gasteiger partial charge in [-0.1, -0.05) is 12.1 Å². The SMILES string of the molecule is O=C(O)c1ccc2c(c1)C(=O)N(c1ccc(Nc3ccc(N4C(=O)c5ccccc5C4=O)cc3)cc1)C2=O. The van der Waals surface area contributed by atoms with Crippen molar-refractivity contribution in [2.24, 2.45) is 0 Å². The van der Waals surface area contributed by atoms with Crippen molar-refractivity contribution in [2.75, 3.05) is 15.1 Å². The van der Waals surface area contributed by atoms with Crippen LogP contribution in [0.2, 0.25) is 0 Å². The van der Waals surface area contributed by atoms with Crippen molar-refractivity contribution in [3.05, 3.63) is 119 Å². The Morgan fingerprint density at radius 3 is 1.42 bits per heavy atom. The number of hydrogen-bond donors (Lipinski definition) is 2. The van der Waals surface area contributed by atoms with Crippen molar-refractivity contribution >= 4 is 52.3 Å². The molecule has 0 spiro atoms. The minimum Gasteiger partial charge on any atom is -0.478 e. The second kappa shape index (κ2) is 8.52. The van der Waals surface area contributed by atoms with Crippen molar-refractivity contribution in [2.45, 2.75) is 0 Å². The summed E-state index contributed by atoms with van der Waals surface area (Å²) in [6.45, 7) is 0. The first-order valence-electron chi connectivity index (χ1n) is 11.5. The Labute approximate surface area is 215 Å². The molecule has 0 fully saturated rings. The van der Waals surface area contributed by atoms with Crippen LogP contribution in [0.25, 0.3) is 0 Å². The van der Waals surface area contributed by atoms with E-state index in [-0.39, 0.29) is 28.5 Å². The number of anilines is 4. The highest BCUT2D eigenvalue weighted by atomic mass is 16.4. The molecule has 2 N–H and O–H groups in total. The lowest BCUT2D eigenvalue weighted by Gasteiger charge is -2.16. The third-order valence-electron chi connectivity index (χ3n) is 6.47. The lowest BCUT2D eigenvalue weighted by atomic mass is 10.1. The van der Waals surface area contributed by atoms with E-state index in [0.717, 1.165) is 9.80 Å². The van der Waals surface area contributed by atoms with Gasteiger partial charge in [0.15, 0.2) is 0 Å². The summed E-state index contributed by atoms with van der Waals surface area (Å²) in [5.74, 6) is -3.02. The van der Waals surface area contributed by atoms with E-state index in [1.165, 1.54) is 18.2 Å². The lowest BCUT2D eigenvalue weighted by Crippen LogP contribution is -2.29. The number of carboxylic acid groups (broad SMARTS) is 1. The van der Waals surface area contributed by atoms with E-state index in [9.17, 15) is 29.1 Å². The molecule has 0 saturated heterocycles. The number of benzene rings is 4. The number of carbonyl (C=O) groups is 5. The topological polar surface area (TPSA) is 124 Å². The molecular weight excluding hydrogens is 486 g/mol. The molecule has 6 rings (SSSR count). The van der Waals surface area contributed by atoms with Crippen molar-refractivity contribution in [3.63, 3.8) is 0 Å². The Balaban J connectivity index is 1.18. The van der Waals surface area contributed by atoms with Crippen LogP contribution in [0, 0.1) is 0 Å². The van der Waals surface area contributed by atoms with Gasteiger partial charge in [-0.15, -0.1) is 0 Å². The summed E-state index contributed by atoms with van der Waals surface area (Å²) in [6, 6.07) is 23.9. The predicted octanol–water partition coefficient (Wildman–Crippen LogP) is 4.73. The van der Waals surface area contributed by atoms with E-state index >= 15 is 0 Å². The molecule has 2 aliphatic rings. The molecule has 0 radical (unpaired) electrons. The summed E-state index contributed by atoms with van der Waals surface area (Å²) in [5, 5.41) is 12.4. The molecule has 0 unspecified atom stereocenters. The molecule has 0 saturated carbocycles. The van der Waals surface area contributed by atoms with Crippen LogP contribution in [0.5, 0.6) is 0 Å². The highest BCUT2D eigenvalue weighted by Crippen LogP contribution is 2.32. The zero-order chi connectivity index (χ0) is 26.6. The van der Waals surface area contributed by atoms with Gasteiger partial charge in [-0.3, -0.25) is 19.2 Å². The lowest BCUT2D eigenvalue weighted by molar-refractivity contribution is 0.0695. The van der Waals surface area contributed by atoms with E-state index in [2.05, 4.69) is 5.32 Å². The fourth-order valence-corrected chi connectivity index (χ4v) is 4.59. The first kappa shape index (κ1) is 22.9. The Bertz CT molecular complexity index is 1660. The van der Waals surface area contributed by atoms with Gasteiger partial charge < -0.3 is 10.4 Å². The first-order chi connectivity index (χ1) is 18.3. The number of rotatable bonds is 5.